The Hall–Kier alpha value is -4.12. The molecule has 0 spiro atoms. The molecule has 0 bridgehead atoms. The quantitative estimate of drug-likeness (QED) is 0.165. The monoisotopic (exact) mass is 504 g/mol. The molecule has 1 atom stereocenters. The van der Waals surface area contributed by atoms with E-state index in [4.69, 9.17) is 32.5 Å². The number of hydrogen-bond acceptors (Lipinski definition) is 6. The van der Waals surface area contributed by atoms with E-state index in [0.717, 1.165) is 0 Å². The molecule has 0 aliphatic carbocycles. The van der Waals surface area contributed by atoms with E-state index < -0.39 is 36.1 Å². The average Bonchev–Trinajstić information content (AvgIpc) is 3.11. The van der Waals surface area contributed by atoms with Crippen molar-refractivity contribution in [2.75, 3.05) is 13.2 Å². The highest BCUT2D eigenvalue weighted by Gasteiger charge is 2.28. The van der Waals surface area contributed by atoms with Crippen molar-refractivity contribution in [3.63, 3.8) is 0 Å². The molecule has 1 heterocycles. The van der Waals surface area contributed by atoms with Gasteiger partial charge in [0.2, 0.25) is 5.78 Å². The van der Waals surface area contributed by atoms with Crippen molar-refractivity contribution in [3.8, 4) is 11.5 Å². The summed E-state index contributed by atoms with van der Waals surface area (Å²) in [4.78, 5) is 39.9. The van der Waals surface area contributed by atoms with Gasteiger partial charge in [-0.3, -0.25) is 14.6 Å². The third-order valence-electron chi connectivity index (χ3n) is 4.87. The Balaban J connectivity index is 1.60. The Bertz CT molecular complexity index is 1190. The smallest absolute Gasteiger partial charge is 0.326 e. The van der Waals surface area contributed by atoms with Crippen LogP contribution in [0.1, 0.15) is 28.8 Å². The fourth-order valence-electron chi connectivity index (χ4n) is 3.18. The number of fused-ring (bicyclic) bond motifs is 1. The lowest BCUT2D eigenvalue weighted by Gasteiger charge is -2.14. The molecule has 1 aliphatic rings. The minimum atomic E-state index is -1.21. The topological polar surface area (TPSA) is 166 Å². The number of aliphatic imine (C=N–C) groups is 1. The molecule has 1 amide bonds. The predicted molar refractivity (Wildman–Crippen MR) is 126 cm³/mol. The normalized spacial score (nSPS) is 14.1. The van der Waals surface area contributed by atoms with Gasteiger partial charge in [-0.2, -0.15) is 0 Å². The minimum Gasteiger partial charge on any atom is -0.484 e. The van der Waals surface area contributed by atoms with Crippen LogP contribution in [0, 0.1) is 5.82 Å². The summed E-state index contributed by atoms with van der Waals surface area (Å²) in [7, 11) is 0. The molecule has 1 unspecified atom stereocenters. The predicted octanol–water partition coefficient (Wildman–Crippen LogP) is 2.10. The summed E-state index contributed by atoms with van der Waals surface area (Å²) in [6, 6.07) is 7.29. The van der Waals surface area contributed by atoms with Gasteiger partial charge in [0.25, 0.3) is 5.91 Å². The first-order valence-corrected chi connectivity index (χ1v) is 10.8. The third-order valence-corrected chi connectivity index (χ3v) is 5.19. The number of carboxylic acid groups (broad SMARTS) is 1. The number of amides is 1. The zero-order valence-electron chi connectivity index (χ0n) is 18.3. The molecule has 1 aliphatic heterocycles. The van der Waals surface area contributed by atoms with E-state index in [1.807, 2.05) is 0 Å². The molecule has 0 aromatic heterocycles. The number of nitrogens with one attached hydrogen (secondary N) is 1. The Morgan fingerprint density at radius 3 is 2.74 bits per heavy atom. The maximum Gasteiger partial charge on any atom is 0.326 e. The molecule has 2 aromatic rings. The van der Waals surface area contributed by atoms with E-state index >= 15 is 0 Å². The van der Waals surface area contributed by atoms with Crippen molar-refractivity contribution < 1.29 is 33.4 Å². The maximum atomic E-state index is 14.1. The summed E-state index contributed by atoms with van der Waals surface area (Å²) in [6.45, 7) is -0.246. The molecule has 0 saturated carbocycles. The van der Waals surface area contributed by atoms with Crippen LogP contribution in [0.15, 0.2) is 47.1 Å². The molecule has 10 nitrogen and oxygen atoms in total. The van der Waals surface area contributed by atoms with Gasteiger partial charge in [0.15, 0.2) is 18.3 Å². The van der Waals surface area contributed by atoms with E-state index in [-0.39, 0.29) is 52.3 Å². The van der Waals surface area contributed by atoms with Gasteiger partial charge >= 0.3 is 5.97 Å². The van der Waals surface area contributed by atoms with E-state index in [1.54, 1.807) is 0 Å². The SMILES string of the molecule is NC(N)=NCCCC(NC(=O)COc1ccc2c(c1)OC(=Cc1c(F)cccc1Cl)C2=O)C(=O)O. The molecule has 0 saturated heterocycles. The minimum absolute atomic E-state index is 0.0183. The second kappa shape index (κ2) is 11.3. The molecule has 2 aromatic carbocycles. The Morgan fingerprint density at radius 1 is 1.29 bits per heavy atom. The number of nitrogens with two attached hydrogens (primary N) is 2. The van der Waals surface area contributed by atoms with Crippen molar-refractivity contribution in [2.24, 2.45) is 16.5 Å². The number of carbonyl (C=O) groups excluding carboxylic acids is 2. The lowest BCUT2D eigenvalue weighted by molar-refractivity contribution is -0.142. The summed E-state index contributed by atoms with van der Waals surface area (Å²) in [5.74, 6) is -2.80. The molecule has 3 rings (SSSR count). The van der Waals surface area contributed by atoms with Crippen LogP contribution in [0.5, 0.6) is 11.5 Å². The summed E-state index contributed by atoms with van der Waals surface area (Å²) >= 11 is 6.00. The van der Waals surface area contributed by atoms with Gasteiger partial charge in [-0.15, -0.1) is 0 Å². The van der Waals surface area contributed by atoms with Gasteiger partial charge in [0.1, 0.15) is 23.4 Å². The van der Waals surface area contributed by atoms with Gasteiger partial charge in [-0.05, 0) is 43.2 Å². The van der Waals surface area contributed by atoms with Crippen LogP contribution in [-0.2, 0) is 9.59 Å². The van der Waals surface area contributed by atoms with Crippen molar-refractivity contribution in [1.29, 1.82) is 0 Å². The summed E-state index contributed by atoms with van der Waals surface area (Å²) < 4.78 is 25.0. The molecule has 35 heavy (non-hydrogen) atoms. The number of benzene rings is 2. The van der Waals surface area contributed by atoms with E-state index in [9.17, 15) is 23.9 Å². The van der Waals surface area contributed by atoms with Gasteiger partial charge in [0.05, 0.1) is 10.6 Å². The second-order valence-electron chi connectivity index (χ2n) is 7.43. The van der Waals surface area contributed by atoms with E-state index in [0.29, 0.717) is 6.42 Å². The first kappa shape index (κ1) is 25.5. The van der Waals surface area contributed by atoms with Crippen LogP contribution in [0.3, 0.4) is 0 Å². The molecular formula is C23H22ClFN4O6. The first-order valence-electron chi connectivity index (χ1n) is 10.4. The lowest BCUT2D eigenvalue weighted by atomic mass is 10.1. The highest BCUT2D eigenvalue weighted by atomic mass is 35.5. The maximum absolute atomic E-state index is 14.1. The largest absolute Gasteiger partial charge is 0.484 e. The molecule has 12 heteroatoms. The standard InChI is InChI=1S/C23H22ClFN4O6/c24-15-3-1-4-16(25)14(15)10-19-21(31)13-7-6-12(9-18(13)35-19)34-11-20(30)29-17(22(32)33)5-2-8-28-23(26)27/h1,3-4,6-7,9-10,17H,2,5,8,11H2,(H,29,30)(H,32,33)(H4,26,27,28). The highest BCUT2D eigenvalue weighted by Crippen LogP contribution is 2.35. The van der Waals surface area contributed by atoms with E-state index in [1.165, 1.54) is 42.5 Å². The molecule has 184 valence electrons. The number of halogens is 2. The third kappa shape index (κ3) is 6.70. The van der Waals surface area contributed by atoms with Gasteiger partial charge < -0.3 is 31.4 Å². The number of nitrogens with zero attached hydrogens (tertiary/aromatic N) is 1. The number of ether oxygens (including phenoxy) is 2. The van der Waals surface area contributed by atoms with Gasteiger partial charge in [-0.25, -0.2) is 9.18 Å². The molecular weight excluding hydrogens is 483 g/mol. The number of hydrogen-bond donors (Lipinski definition) is 4. The Morgan fingerprint density at radius 2 is 2.06 bits per heavy atom. The summed E-state index contributed by atoms with van der Waals surface area (Å²) in [6.07, 6.45) is 1.68. The highest BCUT2D eigenvalue weighted by molar-refractivity contribution is 6.32. The number of Topliss-reactive ketones (excluding diaryl/α,β-unsaturated/α-hetero) is 1. The van der Waals surface area contributed by atoms with Crippen molar-refractivity contribution >= 4 is 41.3 Å². The Kier molecular flexibility index (Phi) is 8.26. The van der Waals surface area contributed by atoms with Gasteiger partial charge in [0, 0.05) is 18.2 Å². The van der Waals surface area contributed by atoms with Crippen LogP contribution >= 0.6 is 11.6 Å². The summed E-state index contributed by atoms with van der Waals surface area (Å²) in [5, 5.41) is 11.8. The Labute approximate surface area is 204 Å². The van der Waals surface area contributed by atoms with Crippen LogP contribution < -0.4 is 26.3 Å². The number of ketones is 1. The number of carboxylic acids is 1. The number of guanidine groups is 1. The number of rotatable bonds is 10. The average molecular weight is 505 g/mol. The number of carbonyl (C=O) groups is 3. The molecule has 6 N–H and O–H groups in total. The first-order chi connectivity index (χ1) is 16.7. The molecule has 0 radical (unpaired) electrons. The number of aliphatic carboxylic acids is 1. The van der Waals surface area contributed by atoms with Crippen LogP contribution in [-0.4, -0.2) is 47.9 Å². The fourth-order valence-corrected chi connectivity index (χ4v) is 3.40. The van der Waals surface area contributed by atoms with E-state index in [2.05, 4.69) is 10.3 Å². The van der Waals surface area contributed by atoms with Crippen LogP contribution in [0.4, 0.5) is 4.39 Å². The molecule has 0 fully saturated rings. The second-order valence-corrected chi connectivity index (χ2v) is 7.84. The van der Waals surface area contributed by atoms with Crippen LogP contribution in [0.25, 0.3) is 6.08 Å². The number of allylic oxidation sites excluding steroid dienone is 1. The fraction of sp³-hybridized carbons (Fsp3) is 0.217. The van der Waals surface area contributed by atoms with Gasteiger partial charge in [-0.1, -0.05) is 17.7 Å². The van der Waals surface area contributed by atoms with Crippen molar-refractivity contribution in [3.05, 3.63) is 64.1 Å². The van der Waals surface area contributed by atoms with Crippen molar-refractivity contribution in [2.45, 2.75) is 18.9 Å². The van der Waals surface area contributed by atoms with Crippen molar-refractivity contribution in [1.82, 2.24) is 5.32 Å². The van der Waals surface area contributed by atoms with Crippen LogP contribution in [0.2, 0.25) is 5.02 Å². The zero-order chi connectivity index (χ0) is 25.5. The zero-order valence-corrected chi connectivity index (χ0v) is 19.0. The summed E-state index contributed by atoms with van der Waals surface area (Å²) in [5.41, 5.74) is 10.7. The lowest BCUT2D eigenvalue weighted by Crippen LogP contribution is -2.43.